The summed E-state index contributed by atoms with van der Waals surface area (Å²) in [7, 11) is 0. The van der Waals surface area contributed by atoms with Gasteiger partial charge >= 0.3 is 12.1 Å². The number of piperazine rings is 1. The number of ether oxygens (including phenoxy) is 3. The summed E-state index contributed by atoms with van der Waals surface area (Å²) in [4.78, 5) is 85.8. The Bertz CT molecular complexity index is 1610. The first kappa shape index (κ1) is 36.1. The number of fused-ring (bicyclic) bond motifs is 1. The molecule has 1 aliphatic carbocycles. The van der Waals surface area contributed by atoms with E-state index < -0.39 is 42.6 Å². The van der Waals surface area contributed by atoms with E-state index >= 15 is 0 Å². The molecule has 16 heteroatoms. The molecule has 1 aromatic heterocycles. The highest BCUT2D eigenvalue weighted by Crippen LogP contribution is 2.30. The molecule has 3 fully saturated rings. The predicted octanol–water partition coefficient (Wildman–Crippen LogP) is 1.55. The number of carboxylic acids is 1. The number of aromatic nitrogens is 1. The molecule has 0 spiro atoms. The average molecular weight is 697 g/mol. The van der Waals surface area contributed by atoms with Crippen LogP contribution in [-0.4, -0.2) is 131 Å². The minimum atomic E-state index is -1.19. The van der Waals surface area contributed by atoms with Crippen LogP contribution in [0.1, 0.15) is 62.9 Å². The van der Waals surface area contributed by atoms with Gasteiger partial charge in [-0.1, -0.05) is 0 Å². The van der Waals surface area contributed by atoms with Gasteiger partial charge in [0.25, 0.3) is 11.8 Å². The Hall–Kier alpha value is -5.15. The molecule has 50 heavy (non-hydrogen) atoms. The zero-order valence-electron chi connectivity index (χ0n) is 28.4. The Kier molecular flexibility index (Phi) is 11.9. The Morgan fingerprint density at radius 1 is 0.940 bits per heavy atom. The van der Waals surface area contributed by atoms with Crippen LogP contribution in [0.3, 0.4) is 0 Å². The van der Waals surface area contributed by atoms with Crippen molar-refractivity contribution in [3.63, 3.8) is 0 Å². The number of likely N-dealkylation sites (tertiary alicyclic amines) is 1. The standard InChI is InChI=1S/C34H44N6O10/c1-3-48-22-9-10-24-23(18-22)28(50-20-29(41)40-13-5-6-27(40)32(45)35-21-7-8-21)19-26(36-24)31(44)37-25(11-12-30(42)43)33(46)38-14-16-39(17-15-38)34(47)49-4-2/h9-10,18-19,21,25,27H,3-8,11-17,20H2,1-2H3,(H,35,45)(H,37,44)(H,42,43). The fraction of sp³-hybridized carbons (Fsp3) is 0.559. The number of pyridine rings is 1. The second-order valence-corrected chi connectivity index (χ2v) is 12.4. The normalized spacial score (nSPS) is 18.0. The molecular weight excluding hydrogens is 652 g/mol. The lowest BCUT2D eigenvalue weighted by Gasteiger charge is -2.35. The smallest absolute Gasteiger partial charge is 0.409 e. The summed E-state index contributed by atoms with van der Waals surface area (Å²) >= 11 is 0. The van der Waals surface area contributed by atoms with Gasteiger partial charge < -0.3 is 44.7 Å². The molecule has 2 atom stereocenters. The molecular formula is C34H44N6O10. The predicted molar refractivity (Wildman–Crippen MR) is 178 cm³/mol. The van der Waals surface area contributed by atoms with E-state index in [4.69, 9.17) is 14.2 Å². The van der Waals surface area contributed by atoms with Crippen molar-refractivity contribution in [2.45, 2.75) is 70.5 Å². The molecule has 270 valence electrons. The Morgan fingerprint density at radius 2 is 1.68 bits per heavy atom. The maximum Gasteiger partial charge on any atom is 0.409 e. The first-order valence-electron chi connectivity index (χ1n) is 17.1. The van der Waals surface area contributed by atoms with E-state index in [0.717, 1.165) is 12.8 Å². The van der Waals surface area contributed by atoms with Crippen LogP contribution in [0.2, 0.25) is 0 Å². The van der Waals surface area contributed by atoms with Gasteiger partial charge in [0.15, 0.2) is 6.61 Å². The summed E-state index contributed by atoms with van der Waals surface area (Å²) in [6.45, 7) is 4.99. The van der Waals surface area contributed by atoms with Crippen molar-refractivity contribution >= 4 is 46.6 Å². The highest BCUT2D eigenvalue weighted by atomic mass is 16.6. The quantitative estimate of drug-likeness (QED) is 0.259. The van der Waals surface area contributed by atoms with Gasteiger partial charge in [-0.2, -0.15) is 0 Å². The molecule has 2 saturated heterocycles. The van der Waals surface area contributed by atoms with Crippen molar-refractivity contribution in [1.82, 2.24) is 30.3 Å². The van der Waals surface area contributed by atoms with Gasteiger partial charge in [0, 0.05) is 56.6 Å². The summed E-state index contributed by atoms with van der Waals surface area (Å²) < 4.78 is 16.7. The summed E-state index contributed by atoms with van der Waals surface area (Å²) in [6, 6.07) is 4.77. The molecule has 3 N–H and O–H groups in total. The molecule has 2 unspecified atom stereocenters. The van der Waals surface area contributed by atoms with Crippen molar-refractivity contribution in [1.29, 1.82) is 0 Å². The first-order valence-corrected chi connectivity index (χ1v) is 17.1. The van der Waals surface area contributed by atoms with Gasteiger partial charge in [0.2, 0.25) is 11.8 Å². The van der Waals surface area contributed by atoms with Crippen LogP contribution in [0.5, 0.6) is 11.5 Å². The molecule has 3 aliphatic rings. The largest absolute Gasteiger partial charge is 0.494 e. The number of carbonyl (C=O) groups excluding carboxylic acids is 5. The van der Waals surface area contributed by atoms with E-state index in [1.807, 2.05) is 6.92 Å². The van der Waals surface area contributed by atoms with Crippen LogP contribution in [0, 0.1) is 0 Å². The average Bonchev–Trinajstić information content (AvgIpc) is 3.78. The van der Waals surface area contributed by atoms with Crippen LogP contribution in [-0.2, 0) is 23.9 Å². The fourth-order valence-electron chi connectivity index (χ4n) is 6.05. The van der Waals surface area contributed by atoms with Crippen molar-refractivity contribution in [2.24, 2.45) is 0 Å². The molecule has 0 radical (unpaired) electrons. The third-order valence-corrected chi connectivity index (χ3v) is 8.80. The van der Waals surface area contributed by atoms with Gasteiger partial charge in [-0.05, 0) is 64.2 Å². The molecule has 2 aliphatic heterocycles. The monoisotopic (exact) mass is 696 g/mol. The van der Waals surface area contributed by atoms with Gasteiger partial charge in [-0.25, -0.2) is 9.78 Å². The maximum atomic E-state index is 13.7. The number of benzene rings is 1. The highest BCUT2D eigenvalue weighted by molar-refractivity contribution is 6.00. The minimum absolute atomic E-state index is 0.118. The second kappa shape index (κ2) is 16.5. The molecule has 3 heterocycles. The molecule has 1 saturated carbocycles. The topological polar surface area (TPSA) is 197 Å². The van der Waals surface area contributed by atoms with Gasteiger partial charge in [0.05, 0.1) is 18.7 Å². The summed E-state index contributed by atoms with van der Waals surface area (Å²) in [5.74, 6) is -2.23. The van der Waals surface area contributed by atoms with Crippen LogP contribution in [0.4, 0.5) is 4.79 Å². The maximum absolute atomic E-state index is 13.7. The molecule has 0 bridgehead atoms. The molecule has 5 amide bonds. The Labute approximate surface area is 289 Å². The Morgan fingerprint density at radius 3 is 2.36 bits per heavy atom. The first-order chi connectivity index (χ1) is 24.1. The summed E-state index contributed by atoms with van der Waals surface area (Å²) in [6.07, 6.45) is 2.10. The molecule has 5 rings (SSSR count). The van der Waals surface area contributed by atoms with Gasteiger partial charge in [-0.15, -0.1) is 0 Å². The Balaban J connectivity index is 1.33. The van der Waals surface area contributed by atoms with Crippen molar-refractivity contribution in [3.05, 3.63) is 30.0 Å². The zero-order valence-corrected chi connectivity index (χ0v) is 28.4. The number of carbonyl (C=O) groups is 6. The van der Waals surface area contributed by atoms with Crippen LogP contribution in [0.15, 0.2) is 24.3 Å². The number of hydrogen-bond acceptors (Lipinski definition) is 10. The number of carboxylic acid groups (broad SMARTS) is 1. The molecule has 1 aromatic carbocycles. The zero-order chi connectivity index (χ0) is 35.8. The van der Waals surface area contributed by atoms with Crippen LogP contribution in [0.25, 0.3) is 10.9 Å². The lowest BCUT2D eigenvalue weighted by Crippen LogP contribution is -2.56. The van der Waals surface area contributed by atoms with E-state index in [-0.39, 0.29) is 74.9 Å². The lowest BCUT2D eigenvalue weighted by molar-refractivity contribution is -0.140. The van der Waals surface area contributed by atoms with Crippen molar-refractivity contribution in [3.8, 4) is 11.5 Å². The number of nitrogens with one attached hydrogen (secondary N) is 2. The summed E-state index contributed by atoms with van der Waals surface area (Å²) in [5, 5.41) is 15.4. The van der Waals surface area contributed by atoms with E-state index in [9.17, 15) is 33.9 Å². The summed E-state index contributed by atoms with van der Waals surface area (Å²) in [5.41, 5.74) is 0.238. The van der Waals surface area contributed by atoms with E-state index in [0.29, 0.717) is 42.6 Å². The number of rotatable bonds is 14. The number of amides is 5. The highest BCUT2D eigenvalue weighted by Gasteiger charge is 2.37. The number of nitrogens with zero attached hydrogens (tertiary/aromatic N) is 4. The molecule has 16 nitrogen and oxygen atoms in total. The van der Waals surface area contributed by atoms with E-state index in [2.05, 4.69) is 15.6 Å². The third-order valence-electron chi connectivity index (χ3n) is 8.80. The van der Waals surface area contributed by atoms with Crippen molar-refractivity contribution in [2.75, 3.05) is 52.5 Å². The van der Waals surface area contributed by atoms with Gasteiger partial charge in [0.1, 0.15) is 29.3 Å². The molecule has 2 aromatic rings. The van der Waals surface area contributed by atoms with Crippen LogP contribution < -0.4 is 20.1 Å². The SMILES string of the molecule is CCOC(=O)N1CCN(C(=O)C(CCC(=O)O)NC(=O)c2cc(OCC(=O)N3CCCC3C(=O)NC3CC3)c3cc(OCC)ccc3n2)CC1. The number of hydrogen-bond donors (Lipinski definition) is 3. The van der Waals surface area contributed by atoms with Crippen LogP contribution >= 0.6 is 0 Å². The van der Waals surface area contributed by atoms with E-state index in [1.165, 1.54) is 20.8 Å². The fourth-order valence-corrected chi connectivity index (χ4v) is 6.05. The van der Waals surface area contributed by atoms with Crippen molar-refractivity contribution < 1.29 is 48.1 Å². The van der Waals surface area contributed by atoms with Gasteiger partial charge in [-0.3, -0.25) is 24.0 Å². The third kappa shape index (κ3) is 9.09. The van der Waals surface area contributed by atoms with E-state index in [1.54, 1.807) is 25.1 Å². The second-order valence-electron chi connectivity index (χ2n) is 12.4. The number of aliphatic carboxylic acids is 1. The lowest BCUT2D eigenvalue weighted by atomic mass is 10.1. The minimum Gasteiger partial charge on any atom is -0.494 e.